The number of carbonyl (C=O) groups is 2. The van der Waals surface area contributed by atoms with Gasteiger partial charge in [0.1, 0.15) is 17.5 Å². The van der Waals surface area contributed by atoms with Gasteiger partial charge < -0.3 is 9.84 Å². The number of amides is 2. The lowest BCUT2D eigenvalue weighted by atomic mass is 10.0. The Morgan fingerprint density at radius 3 is 2.61 bits per heavy atom. The second kappa shape index (κ2) is 8.41. The van der Waals surface area contributed by atoms with Gasteiger partial charge in [-0.3, -0.25) is 24.6 Å². The van der Waals surface area contributed by atoms with Crippen LogP contribution in [-0.4, -0.2) is 27.9 Å². The van der Waals surface area contributed by atoms with E-state index in [1.807, 2.05) is 0 Å². The number of carbonyl (C=O) groups excluding carboxylic acids is 2. The van der Waals surface area contributed by atoms with E-state index in [4.69, 9.17) is 4.52 Å². The fourth-order valence-electron chi connectivity index (χ4n) is 3.95. The van der Waals surface area contributed by atoms with Gasteiger partial charge in [-0.2, -0.15) is 0 Å². The third kappa shape index (κ3) is 4.04. The van der Waals surface area contributed by atoms with Crippen molar-refractivity contribution in [1.82, 2.24) is 5.16 Å². The summed E-state index contributed by atoms with van der Waals surface area (Å²) in [6.45, 7) is 3.41. The van der Waals surface area contributed by atoms with Crippen LogP contribution in [-0.2, 0) is 9.59 Å². The number of nitrogens with zero attached hydrogens (tertiary/aromatic N) is 3. The molecule has 2 aromatic carbocycles. The molecule has 4 rings (SSSR count). The molecule has 11 heteroatoms. The number of hydrogen-bond acceptors (Lipinski definition) is 6. The lowest BCUT2D eigenvalue weighted by Gasteiger charge is -2.24. The van der Waals surface area contributed by atoms with Crippen molar-refractivity contribution in [3.63, 3.8) is 0 Å². The van der Waals surface area contributed by atoms with Crippen molar-refractivity contribution in [2.45, 2.75) is 32.7 Å². The van der Waals surface area contributed by atoms with Crippen LogP contribution in [0.3, 0.4) is 0 Å². The Morgan fingerprint density at radius 1 is 1.21 bits per heavy atom. The number of hydrogen-bond donors (Lipinski definition) is 1. The number of anilines is 2. The summed E-state index contributed by atoms with van der Waals surface area (Å²) in [5, 5.41) is 17.9. The van der Waals surface area contributed by atoms with Gasteiger partial charge >= 0.3 is 0 Å². The van der Waals surface area contributed by atoms with E-state index >= 15 is 0 Å². The van der Waals surface area contributed by atoms with Crippen molar-refractivity contribution < 1.29 is 27.8 Å². The monoisotopic (exact) mass is 456 g/mol. The minimum Gasteiger partial charge on any atom is -0.361 e. The fraction of sp³-hybridized carbons (Fsp3) is 0.227. The average Bonchev–Trinajstić information content (AvgIpc) is 3.31. The zero-order chi connectivity index (χ0) is 23.9. The van der Waals surface area contributed by atoms with E-state index in [1.54, 1.807) is 13.8 Å². The Labute approximate surface area is 186 Å². The molecular weight excluding hydrogens is 438 g/mol. The molecule has 2 amide bonds. The summed E-state index contributed by atoms with van der Waals surface area (Å²) in [5.41, 5.74) is 1.36. The van der Waals surface area contributed by atoms with Gasteiger partial charge in [-0.05, 0) is 50.1 Å². The lowest BCUT2D eigenvalue weighted by molar-refractivity contribution is -0.383. The zero-order valence-electron chi connectivity index (χ0n) is 17.6. The van der Waals surface area contributed by atoms with Crippen molar-refractivity contribution in [2.75, 3.05) is 10.2 Å². The van der Waals surface area contributed by atoms with Crippen molar-refractivity contribution in [1.29, 1.82) is 0 Å². The van der Waals surface area contributed by atoms with E-state index in [1.165, 1.54) is 24.3 Å². The topological polar surface area (TPSA) is 119 Å². The summed E-state index contributed by atoms with van der Waals surface area (Å²) >= 11 is 0. The molecule has 0 radical (unpaired) electrons. The number of aromatic nitrogens is 1. The first-order valence-electron chi connectivity index (χ1n) is 9.97. The summed E-state index contributed by atoms with van der Waals surface area (Å²) in [6.07, 6.45) is 0.124. The van der Waals surface area contributed by atoms with Crippen LogP contribution >= 0.6 is 0 Å². The second-order valence-corrected chi connectivity index (χ2v) is 7.59. The van der Waals surface area contributed by atoms with Crippen molar-refractivity contribution in [3.8, 4) is 11.1 Å². The summed E-state index contributed by atoms with van der Waals surface area (Å²) in [5.74, 6) is -2.87. The molecule has 1 saturated heterocycles. The van der Waals surface area contributed by atoms with Crippen LogP contribution in [0.15, 0.2) is 40.9 Å². The van der Waals surface area contributed by atoms with Gasteiger partial charge in [0.05, 0.1) is 10.6 Å². The SMILES string of the molecule is Cc1noc(C)c1-c1ccc([N+](=O)[O-])c(NC(=O)C2CCC(=O)N2c2ccc(F)c(F)c2)c1. The van der Waals surface area contributed by atoms with Crippen LogP contribution in [0.2, 0.25) is 0 Å². The first-order valence-corrected chi connectivity index (χ1v) is 9.97. The number of nitrogens with one attached hydrogen (secondary N) is 1. The molecule has 170 valence electrons. The predicted molar refractivity (Wildman–Crippen MR) is 114 cm³/mol. The Balaban J connectivity index is 1.68. The number of halogens is 2. The van der Waals surface area contributed by atoms with E-state index < -0.39 is 34.4 Å². The van der Waals surface area contributed by atoms with Gasteiger partial charge in [-0.15, -0.1) is 0 Å². The number of nitro benzene ring substituents is 1. The molecule has 0 aliphatic carbocycles. The van der Waals surface area contributed by atoms with Gasteiger partial charge in [0.2, 0.25) is 11.8 Å². The van der Waals surface area contributed by atoms with Gasteiger partial charge in [0, 0.05) is 29.8 Å². The molecule has 0 saturated carbocycles. The number of nitro groups is 1. The van der Waals surface area contributed by atoms with Crippen LogP contribution in [0.1, 0.15) is 24.3 Å². The minimum atomic E-state index is -1.16. The van der Waals surface area contributed by atoms with Gasteiger partial charge in [-0.25, -0.2) is 8.78 Å². The first-order chi connectivity index (χ1) is 15.7. The van der Waals surface area contributed by atoms with Crippen molar-refractivity contribution in [2.24, 2.45) is 0 Å². The predicted octanol–water partition coefficient (Wildman–Crippen LogP) is 4.28. The van der Waals surface area contributed by atoms with Crippen LogP contribution < -0.4 is 10.2 Å². The lowest BCUT2D eigenvalue weighted by Crippen LogP contribution is -2.42. The Hall–Kier alpha value is -4.15. The Kier molecular flexibility index (Phi) is 5.62. The summed E-state index contributed by atoms with van der Waals surface area (Å²) < 4.78 is 32.2. The van der Waals surface area contributed by atoms with Crippen LogP contribution in [0.25, 0.3) is 11.1 Å². The standard InChI is InChI=1S/C22H18F2N4O5/c1-11-21(12(2)33-26-11)13-3-6-18(28(31)32)17(9-13)25-22(30)19-7-8-20(29)27(19)14-4-5-15(23)16(24)10-14/h3-6,9-10,19H,7-8H2,1-2H3,(H,25,30). The number of benzene rings is 2. The van der Waals surface area contributed by atoms with E-state index in [0.29, 0.717) is 22.6 Å². The molecule has 1 fully saturated rings. The van der Waals surface area contributed by atoms with E-state index in [2.05, 4.69) is 10.5 Å². The largest absolute Gasteiger partial charge is 0.361 e. The molecule has 1 aromatic heterocycles. The van der Waals surface area contributed by atoms with Crippen LogP contribution in [0, 0.1) is 35.6 Å². The van der Waals surface area contributed by atoms with Gasteiger partial charge in [0.25, 0.3) is 5.69 Å². The van der Waals surface area contributed by atoms with E-state index in [-0.39, 0.29) is 29.9 Å². The van der Waals surface area contributed by atoms with Crippen molar-refractivity contribution in [3.05, 3.63) is 69.6 Å². The first kappa shape index (κ1) is 22.1. The number of rotatable bonds is 5. The molecule has 3 aromatic rings. The van der Waals surface area contributed by atoms with Crippen LogP contribution in [0.4, 0.5) is 25.8 Å². The van der Waals surface area contributed by atoms with E-state index in [0.717, 1.165) is 17.0 Å². The van der Waals surface area contributed by atoms with E-state index in [9.17, 15) is 28.5 Å². The molecule has 0 spiro atoms. The second-order valence-electron chi connectivity index (χ2n) is 7.59. The zero-order valence-corrected chi connectivity index (χ0v) is 17.6. The molecular formula is C22H18F2N4O5. The summed E-state index contributed by atoms with van der Waals surface area (Å²) in [6, 6.07) is 6.05. The molecule has 1 N–H and O–H groups in total. The average molecular weight is 456 g/mol. The number of aryl methyl sites for hydroxylation is 2. The third-order valence-corrected chi connectivity index (χ3v) is 5.47. The molecule has 1 unspecified atom stereocenters. The molecule has 2 heterocycles. The highest BCUT2D eigenvalue weighted by Crippen LogP contribution is 2.35. The van der Waals surface area contributed by atoms with Gasteiger partial charge in [-0.1, -0.05) is 5.16 Å². The molecule has 1 atom stereocenters. The maximum Gasteiger partial charge on any atom is 0.292 e. The smallest absolute Gasteiger partial charge is 0.292 e. The normalized spacial score (nSPS) is 15.7. The minimum absolute atomic E-state index is 0.0122. The molecule has 0 bridgehead atoms. The fourth-order valence-corrected chi connectivity index (χ4v) is 3.95. The maximum absolute atomic E-state index is 13.7. The molecule has 9 nitrogen and oxygen atoms in total. The highest BCUT2D eigenvalue weighted by Gasteiger charge is 2.38. The quantitative estimate of drug-likeness (QED) is 0.452. The molecule has 33 heavy (non-hydrogen) atoms. The highest BCUT2D eigenvalue weighted by atomic mass is 19.2. The third-order valence-electron chi connectivity index (χ3n) is 5.47. The maximum atomic E-state index is 13.7. The summed E-state index contributed by atoms with van der Waals surface area (Å²) in [4.78, 5) is 37.5. The van der Waals surface area contributed by atoms with Crippen LogP contribution in [0.5, 0.6) is 0 Å². The van der Waals surface area contributed by atoms with Gasteiger partial charge in [0.15, 0.2) is 11.6 Å². The molecule has 1 aliphatic heterocycles. The summed E-state index contributed by atoms with van der Waals surface area (Å²) in [7, 11) is 0. The molecule has 1 aliphatic rings. The Morgan fingerprint density at radius 2 is 1.97 bits per heavy atom. The highest BCUT2D eigenvalue weighted by molar-refractivity contribution is 6.08. The Bertz CT molecular complexity index is 1270. The van der Waals surface area contributed by atoms with Crippen molar-refractivity contribution >= 4 is 28.9 Å².